The zero-order chi connectivity index (χ0) is 18.5. The van der Waals surface area contributed by atoms with Crippen LogP contribution in [0.15, 0.2) is 30.3 Å². The van der Waals surface area contributed by atoms with Crippen molar-refractivity contribution >= 4 is 17.5 Å². The maximum absolute atomic E-state index is 12.1. The molecule has 140 valence electrons. The number of carbonyl (C=O) groups excluding carboxylic acids is 1. The summed E-state index contributed by atoms with van der Waals surface area (Å²) in [6.45, 7) is 4.10. The number of H-pyrrole nitrogens is 1. The first-order chi connectivity index (χ1) is 12.5. The van der Waals surface area contributed by atoms with Crippen LogP contribution in [0.2, 0.25) is 5.02 Å². The van der Waals surface area contributed by atoms with Crippen molar-refractivity contribution in [2.45, 2.75) is 25.9 Å². The number of hydrogen-bond acceptors (Lipinski definition) is 4. The average molecular weight is 377 g/mol. The van der Waals surface area contributed by atoms with E-state index in [2.05, 4.69) is 15.5 Å². The maximum Gasteiger partial charge on any atom is 0.234 e. The van der Waals surface area contributed by atoms with Crippen LogP contribution < -0.4 is 5.32 Å². The summed E-state index contributed by atoms with van der Waals surface area (Å²) >= 11 is 5.87. The van der Waals surface area contributed by atoms with Crippen LogP contribution in [0.25, 0.3) is 0 Å². The van der Waals surface area contributed by atoms with Gasteiger partial charge in [-0.15, -0.1) is 0 Å². The monoisotopic (exact) mass is 376 g/mol. The van der Waals surface area contributed by atoms with E-state index < -0.39 is 6.10 Å². The Morgan fingerprint density at radius 1 is 1.38 bits per heavy atom. The number of aliphatic hydroxyl groups excluding tert-OH is 1. The third-order valence-corrected chi connectivity index (χ3v) is 4.98. The molecule has 26 heavy (non-hydrogen) atoms. The number of halogens is 1. The highest BCUT2D eigenvalue weighted by atomic mass is 35.5. The van der Waals surface area contributed by atoms with E-state index in [9.17, 15) is 9.90 Å². The second-order valence-corrected chi connectivity index (χ2v) is 7.43. The van der Waals surface area contributed by atoms with Gasteiger partial charge >= 0.3 is 0 Å². The smallest absolute Gasteiger partial charge is 0.234 e. The first-order valence-corrected chi connectivity index (χ1v) is 9.30. The molecule has 1 fully saturated rings. The van der Waals surface area contributed by atoms with Crippen LogP contribution in [0, 0.1) is 12.8 Å². The Balaban J connectivity index is 1.39. The van der Waals surface area contributed by atoms with Crippen LogP contribution >= 0.6 is 11.6 Å². The molecule has 3 N–H and O–H groups in total. The van der Waals surface area contributed by atoms with E-state index in [1.807, 2.05) is 42.2 Å². The molecule has 6 nitrogen and oxygen atoms in total. The van der Waals surface area contributed by atoms with Gasteiger partial charge in [-0.25, -0.2) is 0 Å². The number of benzene rings is 1. The number of nitrogens with zero attached hydrogens (tertiary/aromatic N) is 2. The SMILES string of the molecule is Cc1cc(C[C@@H]2CN(CC(=O)NCCc3ccc(Cl)cc3)C[C@H]2O)n[nH]1. The second kappa shape index (κ2) is 8.66. The van der Waals surface area contributed by atoms with Gasteiger partial charge in [-0.1, -0.05) is 23.7 Å². The molecular formula is C19H25ClN4O2. The Bertz CT molecular complexity index is 731. The van der Waals surface area contributed by atoms with E-state index in [-0.39, 0.29) is 11.8 Å². The highest BCUT2D eigenvalue weighted by Gasteiger charge is 2.32. The normalized spacial score (nSPS) is 20.4. The van der Waals surface area contributed by atoms with Crippen LogP contribution in [0.3, 0.4) is 0 Å². The van der Waals surface area contributed by atoms with E-state index in [0.29, 0.717) is 31.2 Å². The van der Waals surface area contributed by atoms with Crippen molar-refractivity contribution in [1.29, 1.82) is 0 Å². The summed E-state index contributed by atoms with van der Waals surface area (Å²) in [5.74, 6) is 0.0991. The standard InChI is InChI=1S/C19H25ClN4O2/c1-13-8-17(23-22-13)9-15-10-24(11-18(15)25)12-19(26)21-7-6-14-2-4-16(20)5-3-14/h2-5,8,15,18,25H,6-7,9-12H2,1H3,(H,21,26)(H,22,23)/t15-,18-/m1/s1. The van der Waals surface area contributed by atoms with Crippen LogP contribution in [0.5, 0.6) is 0 Å². The maximum atomic E-state index is 12.1. The van der Waals surface area contributed by atoms with Crippen molar-refractivity contribution in [3.05, 3.63) is 52.3 Å². The number of aromatic amines is 1. The summed E-state index contributed by atoms with van der Waals surface area (Å²) < 4.78 is 0. The van der Waals surface area contributed by atoms with Gasteiger partial charge < -0.3 is 10.4 Å². The number of nitrogens with one attached hydrogen (secondary N) is 2. The second-order valence-electron chi connectivity index (χ2n) is 6.99. The summed E-state index contributed by atoms with van der Waals surface area (Å²) in [5, 5.41) is 21.1. The minimum Gasteiger partial charge on any atom is -0.391 e. The number of rotatable bonds is 7. The molecule has 1 aliphatic heterocycles. The van der Waals surface area contributed by atoms with E-state index in [1.54, 1.807) is 0 Å². The minimum atomic E-state index is -0.422. The summed E-state index contributed by atoms with van der Waals surface area (Å²) in [6, 6.07) is 9.63. The molecule has 0 aliphatic carbocycles. The molecule has 0 spiro atoms. The third kappa shape index (κ3) is 5.30. The van der Waals surface area contributed by atoms with Crippen molar-refractivity contribution in [3.8, 4) is 0 Å². The number of amides is 1. The summed E-state index contributed by atoms with van der Waals surface area (Å²) in [6.07, 6.45) is 1.07. The van der Waals surface area contributed by atoms with Crippen LogP contribution in [0.1, 0.15) is 17.0 Å². The van der Waals surface area contributed by atoms with Crippen LogP contribution in [-0.4, -0.2) is 58.4 Å². The number of aliphatic hydroxyl groups is 1. The Hall–Kier alpha value is -1.89. The summed E-state index contributed by atoms with van der Waals surface area (Å²) in [4.78, 5) is 14.2. The lowest BCUT2D eigenvalue weighted by atomic mass is 10.0. The van der Waals surface area contributed by atoms with Gasteiger partial charge in [0.1, 0.15) is 0 Å². The van der Waals surface area contributed by atoms with Gasteiger partial charge in [0.25, 0.3) is 0 Å². The lowest BCUT2D eigenvalue weighted by Gasteiger charge is -2.15. The molecule has 1 amide bonds. The van der Waals surface area contributed by atoms with Gasteiger partial charge in [-0.3, -0.25) is 14.8 Å². The Kier molecular flexibility index (Phi) is 6.29. The van der Waals surface area contributed by atoms with E-state index in [1.165, 1.54) is 0 Å². The molecule has 1 aromatic heterocycles. The molecule has 2 heterocycles. The van der Waals surface area contributed by atoms with E-state index >= 15 is 0 Å². The predicted octanol–water partition coefficient (Wildman–Crippen LogP) is 1.57. The third-order valence-electron chi connectivity index (χ3n) is 4.73. The highest BCUT2D eigenvalue weighted by Crippen LogP contribution is 2.20. The molecule has 2 aromatic rings. The molecule has 1 saturated heterocycles. The van der Waals surface area contributed by atoms with Crippen molar-refractivity contribution in [1.82, 2.24) is 20.4 Å². The molecule has 2 atom stereocenters. The summed E-state index contributed by atoms with van der Waals surface area (Å²) in [7, 11) is 0. The molecule has 1 aromatic carbocycles. The Labute approximate surface area is 158 Å². The molecule has 1 aliphatic rings. The first kappa shape index (κ1) is 18.9. The zero-order valence-electron chi connectivity index (χ0n) is 14.9. The number of likely N-dealkylation sites (tertiary alicyclic amines) is 1. The Morgan fingerprint density at radius 2 is 2.15 bits per heavy atom. The minimum absolute atomic E-state index is 0.0116. The fourth-order valence-corrected chi connectivity index (χ4v) is 3.50. The van der Waals surface area contributed by atoms with E-state index in [0.717, 1.165) is 29.8 Å². The molecule has 7 heteroatoms. The topological polar surface area (TPSA) is 81.2 Å². The predicted molar refractivity (Wildman–Crippen MR) is 101 cm³/mol. The van der Waals surface area contributed by atoms with Crippen molar-refractivity contribution in [3.63, 3.8) is 0 Å². The van der Waals surface area contributed by atoms with Crippen molar-refractivity contribution in [2.75, 3.05) is 26.2 Å². The average Bonchev–Trinajstić information content (AvgIpc) is 3.15. The van der Waals surface area contributed by atoms with Gasteiger partial charge in [0.05, 0.1) is 18.3 Å². The van der Waals surface area contributed by atoms with Crippen LogP contribution in [0.4, 0.5) is 0 Å². The fourth-order valence-electron chi connectivity index (χ4n) is 3.38. The van der Waals surface area contributed by atoms with Crippen LogP contribution in [-0.2, 0) is 17.6 Å². The number of aromatic nitrogens is 2. The molecule has 0 radical (unpaired) electrons. The number of carbonyl (C=O) groups is 1. The molecule has 3 rings (SSSR count). The number of β-amino-alcohol motifs (C(OH)–C–C–N with tert-alkyl or cyclic N) is 1. The lowest BCUT2D eigenvalue weighted by Crippen LogP contribution is -2.37. The zero-order valence-corrected chi connectivity index (χ0v) is 15.7. The number of hydrogen-bond donors (Lipinski definition) is 3. The van der Waals surface area contributed by atoms with Crippen molar-refractivity contribution in [2.24, 2.45) is 5.92 Å². The van der Waals surface area contributed by atoms with Crippen molar-refractivity contribution < 1.29 is 9.90 Å². The van der Waals surface area contributed by atoms with Gasteiger partial charge in [0, 0.05) is 36.3 Å². The van der Waals surface area contributed by atoms with Gasteiger partial charge in [0.2, 0.25) is 5.91 Å². The van der Waals surface area contributed by atoms with Gasteiger partial charge in [-0.05, 0) is 43.5 Å². The Morgan fingerprint density at radius 3 is 2.85 bits per heavy atom. The first-order valence-electron chi connectivity index (χ1n) is 8.92. The summed E-state index contributed by atoms with van der Waals surface area (Å²) in [5.41, 5.74) is 3.12. The largest absolute Gasteiger partial charge is 0.391 e. The fraction of sp³-hybridized carbons (Fsp3) is 0.474. The van der Waals surface area contributed by atoms with Gasteiger partial charge in [0.15, 0.2) is 0 Å². The highest BCUT2D eigenvalue weighted by molar-refractivity contribution is 6.30. The molecular weight excluding hydrogens is 352 g/mol. The molecule has 0 bridgehead atoms. The molecule has 0 saturated carbocycles. The molecule has 0 unspecified atom stereocenters. The van der Waals surface area contributed by atoms with Gasteiger partial charge in [-0.2, -0.15) is 5.10 Å². The quantitative estimate of drug-likeness (QED) is 0.685. The van der Waals surface area contributed by atoms with E-state index in [4.69, 9.17) is 11.6 Å². The number of aryl methyl sites for hydroxylation is 1. The lowest BCUT2D eigenvalue weighted by molar-refractivity contribution is -0.122.